The zero-order valence-corrected chi connectivity index (χ0v) is 14.4. The highest BCUT2D eigenvalue weighted by Gasteiger charge is 2.06. The lowest BCUT2D eigenvalue weighted by molar-refractivity contribution is 0.252. The number of nitrogens with zero attached hydrogens (tertiary/aromatic N) is 4. The Kier molecular flexibility index (Phi) is 5.13. The van der Waals surface area contributed by atoms with Crippen molar-refractivity contribution in [3.05, 3.63) is 60.4 Å². The van der Waals surface area contributed by atoms with Crippen molar-refractivity contribution in [3.63, 3.8) is 0 Å². The van der Waals surface area contributed by atoms with E-state index in [1.165, 1.54) is 0 Å². The largest absolute Gasteiger partial charge is 0.338 e. The molecular formula is C18H22N6O. The Morgan fingerprint density at radius 1 is 1.24 bits per heavy atom. The van der Waals surface area contributed by atoms with Crippen LogP contribution in [0.15, 0.2) is 49.1 Å². The summed E-state index contributed by atoms with van der Waals surface area (Å²) in [6.07, 6.45) is 6.26. The molecular weight excluding hydrogens is 316 g/mol. The van der Waals surface area contributed by atoms with Gasteiger partial charge >= 0.3 is 6.03 Å². The normalized spacial score (nSPS) is 10.6. The standard InChI is InChI=1S/C18H22N6O/c1-14-11-15(2)24(22-14)17-6-3-5-16(12-17)21-18(25)20-7-4-9-23-10-8-19-13-23/h3,5-6,8,10-13H,4,7,9H2,1-2H3,(H2,20,21,25). The minimum Gasteiger partial charge on any atom is -0.338 e. The number of aromatic nitrogens is 4. The van der Waals surface area contributed by atoms with Gasteiger partial charge in [-0.2, -0.15) is 5.10 Å². The van der Waals surface area contributed by atoms with Crippen molar-refractivity contribution in [2.75, 3.05) is 11.9 Å². The van der Waals surface area contributed by atoms with Crippen molar-refractivity contribution in [2.45, 2.75) is 26.8 Å². The van der Waals surface area contributed by atoms with Gasteiger partial charge in [0.15, 0.2) is 0 Å². The first-order valence-corrected chi connectivity index (χ1v) is 8.26. The van der Waals surface area contributed by atoms with Gasteiger partial charge in [-0.15, -0.1) is 0 Å². The van der Waals surface area contributed by atoms with E-state index in [4.69, 9.17) is 0 Å². The summed E-state index contributed by atoms with van der Waals surface area (Å²) in [5.74, 6) is 0. The zero-order chi connectivity index (χ0) is 17.6. The van der Waals surface area contributed by atoms with Crippen molar-refractivity contribution in [3.8, 4) is 5.69 Å². The number of hydrogen-bond donors (Lipinski definition) is 2. The van der Waals surface area contributed by atoms with E-state index in [9.17, 15) is 4.79 Å². The predicted octanol–water partition coefficient (Wildman–Crippen LogP) is 2.90. The molecule has 0 aliphatic rings. The Hall–Kier alpha value is -3.09. The molecule has 2 N–H and O–H groups in total. The van der Waals surface area contributed by atoms with Gasteiger partial charge in [-0.1, -0.05) is 6.07 Å². The van der Waals surface area contributed by atoms with Crippen LogP contribution in [0, 0.1) is 13.8 Å². The molecule has 7 heteroatoms. The van der Waals surface area contributed by atoms with Crippen LogP contribution in [0.25, 0.3) is 5.69 Å². The molecule has 1 aromatic carbocycles. The third-order valence-electron chi connectivity index (χ3n) is 3.80. The summed E-state index contributed by atoms with van der Waals surface area (Å²) in [7, 11) is 0. The van der Waals surface area contributed by atoms with E-state index in [2.05, 4.69) is 20.7 Å². The Morgan fingerprint density at radius 2 is 2.12 bits per heavy atom. The molecule has 2 aromatic heterocycles. The third-order valence-corrected chi connectivity index (χ3v) is 3.80. The van der Waals surface area contributed by atoms with Crippen LogP contribution in [0.1, 0.15) is 17.8 Å². The number of carbonyl (C=O) groups is 1. The van der Waals surface area contributed by atoms with Crippen molar-refractivity contribution < 1.29 is 4.79 Å². The summed E-state index contributed by atoms with van der Waals surface area (Å²) < 4.78 is 3.85. The number of anilines is 1. The van der Waals surface area contributed by atoms with Crippen LogP contribution in [-0.2, 0) is 6.54 Å². The first-order valence-electron chi connectivity index (χ1n) is 8.26. The molecule has 3 rings (SSSR count). The quantitative estimate of drug-likeness (QED) is 0.679. The molecule has 7 nitrogen and oxygen atoms in total. The number of hydrogen-bond acceptors (Lipinski definition) is 3. The third kappa shape index (κ3) is 4.47. The average Bonchev–Trinajstić information content (AvgIpc) is 3.21. The molecule has 0 saturated carbocycles. The Labute approximate surface area is 146 Å². The van der Waals surface area contributed by atoms with E-state index in [0.29, 0.717) is 6.54 Å². The SMILES string of the molecule is Cc1cc(C)n(-c2cccc(NC(=O)NCCCn3ccnc3)c2)n1. The molecule has 0 unspecified atom stereocenters. The van der Waals surface area contributed by atoms with E-state index in [0.717, 1.165) is 35.7 Å². The second-order valence-corrected chi connectivity index (χ2v) is 5.92. The highest BCUT2D eigenvalue weighted by atomic mass is 16.2. The number of amides is 2. The van der Waals surface area contributed by atoms with Crippen molar-refractivity contribution in [1.82, 2.24) is 24.6 Å². The average molecular weight is 338 g/mol. The van der Waals surface area contributed by atoms with Gasteiger partial charge in [-0.25, -0.2) is 14.5 Å². The van der Waals surface area contributed by atoms with Crippen molar-refractivity contribution in [2.24, 2.45) is 0 Å². The topological polar surface area (TPSA) is 76.8 Å². The van der Waals surface area contributed by atoms with E-state index < -0.39 is 0 Å². The first kappa shape index (κ1) is 16.8. The van der Waals surface area contributed by atoms with Crippen LogP contribution in [0.5, 0.6) is 0 Å². The fraction of sp³-hybridized carbons (Fsp3) is 0.278. The summed E-state index contributed by atoms with van der Waals surface area (Å²) >= 11 is 0. The Bertz CT molecular complexity index is 837. The predicted molar refractivity (Wildman–Crippen MR) is 96.9 cm³/mol. The van der Waals surface area contributed by atoms with Crippen LogP contribution >= 0.6 is 0 Å². The second kappa shape index (κ2) is 7.65. The monoisotopic (exact) mass is 338 g/mol. The highest BCUT2D eigenvalue weighted by Crippen LogP contribution is 2.16. The first-order chi connectivity index (χ1) is 12.1. The maximum atomic E-state index is 12.0. The van der Waals surface area contributed by atoms with E-state index >= 15 is 0 Å². The maximum absolute atomic E-state index is 12.0. The van der Waals surface area contributed by atoms with E-state index in [-0.39, 0.29) is 6.03 Å². The van der Waals surface area contributed by atoms with Gasteiger partial charge in [0.25, 0.3) is 0 Å². The minimum atomic E-state index is -0.212. The number of urea groups is 1. The minimum absolute atomic E-state index is 0.212. The van der Waals surface area contributed by atoms with Gasteiger partial charge in [-0.3, -0.25) is 0 Å². The fourth-order valence-electron chi connectivity index (χ4n) is 2.66. The molecule has 0 saturated heterocycles. The lowest BCUT2D eigenvalue weighted by atomic mass is 10.2. The number of nitrogens with one attached hydrogen (secondary N) is 2. The van der Waals surface area contributed by atoms with Gasteiger partial charge in [-0.05, 0) is 44.5 Å². The molecule has 0 radical (unpaired) electrons. The molecule has 0 fully saturated rings. The summed E-state index contributed by atoms with van der Waals surface area (Å²) in [5.41, 5.74) is 3.67. The number of imidazole rings is 1. The van der Waals surface area contributed by atoms with Crippen molar-refractivity contribution >= 4 is 11.7 Å². The molecule has 0 aliphatic heterocycles. The van der Waals surface area contributed by atoms with Crippen molar-refractivity contribution in [1.29, 1.82) is 0 Å². The molecule has 130 valence electrons. The van der Waals surface area contributed by atoms with Crippen LogP contribution in [0.2, 0.25) is 0 Å². The lowest BCUT2D eigenvalue weighted by Gasteiger charge is -2.10. The Balaban J connectivity index is 1.53. The molecule has 2 amide bonds. The van der Waals surface area contributed by atoms with E-state index in [1.54, 1.807) is 12.5 Å². The second-order valence-electron chi connectivity index (χ2n) is 5.92. The zero-order valence-electron chi connectivity index (χ0n) is 14.4. The molecule has 0 aliphatic carbocycles. The van der Waals surface area contributed by atoms with Crippen LogP contribution in [0.3, 0.4) is 0 Å². The number of aryl methyl sites for hydroxylation is 3. The molecule has 0 spiro atoms. The van der Waals surface area contributed by atoms with Crippen LogP contribution in [0.4, 0.5) is 10.5 Å². The van der Waals surface area contributed by atoms with Crippen LogP contribution < -0.4 is 10.6 Å². The summed E-state index contributed by atoms with van der Waals surface area (Å²) in [6, 6.07) is 9.45. The Morgan fingerprint density at radius 3 is 2.84 bits per heavy atom. The van der Waals surface area contributed by atoms with Gasteiger partial charge < -0.3 is 15.2 Å². The smallest absolute Gasteiger partial charge is 0.319 e. The van der Waals surface area contributed by atoms with Gasteiger partial charge in [0.2, 0.25) is 0 Å². The maximum Gasteiger partial charge on any atom is 0.319 e. The molecule has 0 bridgehead atoms. The summed E-state index contributed by atoms with van der Waals surface area (Å²) in [6.45, 7) is 5.39. The highest BCUT2D eigenvalue weighted by molar-refractivity contribution is 5.89. The molecule has 2 heterocycles. The van der Waals surface area contributed by atoms with Gasteiger partial charge in [0, 0.05) is 36.9 Å². The summed E-state index contributed by atoms with van der Waals surface area (Å²) in [4.78, 5) is 16.0. The van der Waals surface area contributed by atoms with Gasteiger partial charge in [0.05, 0.1) is 17.7 Å². The number of rotatable bonds is 6. The molecule has 0 atom stereocenters. The lowest BCUT2D eigenvalue weighted by Crippen LogP contribution is -2.30. The van der Waals surface area contributed by atoms with Gasteiger partial charge in [0.1, 0.15) is 0 Å². The number of carbonyl (C=O) groups excluding carboxylic acids is 1. The van der Waals surface area contributed by atoms with E-state index in [1.807, 2.05) is 59.6 Å². The summed E-state index contributed by atoms with van der Waals surface area (Å²) in [5, 5.41) is 10.2. The molecule has 3 aromatic rings. The number of benzene rings is 1. The molecule has 25 heavy (non-hydrogen) atoms. The van der Waals surface area contributed by atoms with Crippen LogP contribution in [-0.4, -0.2) is 31.9 Å². The fourth-order valence-corrected chi connectivity index (χ4v) is 2.66.